The molecular weight excluding hydrogens is 399 g/mol. The third kappa shape index (κ3) is 3.70. The number of hydrogen-bond donors (Lipinski definition) is 0. The van der Waals surface area contributed by atoms with Crippen molar-refractivity contribution in [2.45, 2.75) is 0 Å². The monoisotopic (exact) mass is 410 g/mol. The van der Waals surface area contributed by atoms with Gasteiger partial charge in [0.2, 0.25) is 0 Å². The molecule has 1 heterocycles. The SMILES string of the molecule is Clc1ccc(-c2cc(-c3ccccc3Cl)nnc2-c2ccccc2Cl)cc1. The van der Waals surface area contributed by atoms with Crippen LogP contribution in [0.1, 0.15) is 0 Å². The molecular formula is C22H13Cl3N2. The molecule has 132 valence electrons. The Morgan fingerprint density at radius 2 is 1.15 bits per heavy atom. The van der Waals surface area contributed by atoms with Gasteiger partial charge in [0.25, 0.3) is 0 Å². The van der Waals surface area contributed by atoms with Gasteiger partial charge in [0.05, 0.1) is 15.7 Å². The van der Waals surface area contributed by atoms with Crippen molar-refractivity contribution in [2.75, 3.05) is 0 Å². The summed E-state index contributed by atoms with van der Waals surface area (Å²) in [6.45, 7) is 0. The van der Waals surface area contributed by atoms with Crippen LogP contribution in [0.2, 0.25) is 15.1 Å². The van der Waals surface area contributed by atoms with Gasteiger partial charge in [0.1, 0.15) is 5.69 Å². The van der Waals surface area contributed by atoms with Crippen LogP contribution in [-0.4, -0.2) is 10.2 Å². The smallest absolute Gasteiger partial charge is 0.102 e. The zero-order valence-electron chi connectivity index (χ0n) is 14.0. The Bertz CT molecular complexity index is 1110. The van der Waals surface area contributed by atoms with Gasteiger partial charge in [-0.1, -0.05) is 83.3 Å². The van der Waals surface area contributed by atoms with Crippen molar-refractivity contribution < 1.29 is 0 Å². The van der Waals surface area contributed by atoms with Crippen molar-refractivity contribution in [1.29, 1.82) is 0 Å². The molecule has 0 aliphatic heterocycles. The molecule has 5 heteroatoms. The van der Waals surface area contributed by atoms with Gasteiger partial charge < -0.3 is 0 Å². The zero-order valence-corrected chi connectivity index (χ0v) is 16.3. The van der Waals surface area contributed by atoms with E-state index in [1.54, 1.807) is 0 Å². The highest BCUT2D eigenvalue weighted by Gasteiger charge is 2.16. The highest BCUT2D eigenvalue weighted by Crippen LogP contribution is 2.37. The Morgan fingerprint density at radius 3 is 1.78 bits per heavy atom. The molecule has 0 fully saturated rings. The molecule has 0 radical (unpaired) electrons. The van der Waals surface area contributed by atoms with Gasteiger partial charge in [-0.2, -0.15) is 0 Å². The van der Waals surface area contributed by atoms with Crippen LogP contribution < -0.4 is 0 Å². The van der Waals surface area contributed by atoms with E-state index in [9.17, 15) is 0 Å². The van der Waals surface area contributed by atoms with Crippen molar-refractivity contribution in [1.82, 2.24) is 10.2 Å². The fourth-order valence-electron chi connectivity index (χ4n) is 2.89. The van der Waals surface area contributed by atoms with Crippen molar-refractivity contribution in [3.63, 3.8) is 0 Å². The van der Waals surface area contributed by atoms with Crippen LogP contribution in [0, 0.1) is 0 Å². The number of hydrogen-bond acceptors (Lipinski definition) is 2. The van der Waals surface area contributed by atoms with Crippen LogP contribution in [0.25, 0.3) is 33.6 Å². The van der Waals surface area contributed by atoms with E-state index in [1.165, 1.54) is 0 Å². The largest absolute Gasteiger partial charge is 0.150 e. The molecule has 0 atom stereocenters. The van der Waals surface area contributed by atoms with E-state index in [0.717, 1.165) is 22.3 Å². The van der Waals surface area contributed by atoms with Crippen LogP contribution in [0.3, 0.4) is 0 Å². The minimum atomic E-state index is 0.618. The van der Waals surface area contributed by atoms with Crippen molar-refractivity contribution in [2.24, 2.45) is 0 Å². The van der Waals surface area contributed by atoms with Crippen LogP contribution in [-0.2, 0) is 0 Å². The predicted octanol–water partition coefficient (Wildman–Crippen LogP) is 7.44. The molecule has 0 saturated carbocycles. The van der Waals surface area contributed by atoms with E-state index < -0.39 is 0 Å². The van der Waals surface area contributed by atoms with Crippen LogP contribution >= 0.6 is 34.8 Å². The minimum Gasteiger partial charge on any atom is -0.150 e. The summed E-state index contributed by atoms with van der Waals surface area (Å²) in [5.41, 5.74) is 4.93. The third-order valence-corrected chi connectivity index (χ3v) is 5.14. The Morgan fingerprint density at radius 1 is 0.556 bits per heavy atom. The molecule has 0 unspecified atom stereocenters. The number of rotatable bonds is 3. The molecule has 1 aromatic heterocycles. The second-order valence-electron chi connectivity index (χ2n) is 5.96. The fraction of sp³-hybridized carbons (Fsp3) is 0. The molecule has 27 heavy (non-hydrogen) atoms. The first-order valence-electron chi connectivity index (χ1n) is 8.27. The van der Waals surface area contributed by atoms with Gasteiger partial charge in [0, 0.05) is 21.7 Å². The van der Waals surface area contributed by atoms with E-state index in [-0.39, 0.29) is 0 Å². The van der Waals surface area contributed by atoms with E-state index in [2.05, 4.69) is 10.2 Å². The number of halogens is 3. The zero-order chi connectivity index (χ0) is 18.8. The molecule has 0 saturated heterocycles. The summed E-state index contributed by atoms with van der Waals surface area (Å²) in [6.07, 6.45) is 0. The van der Waals surface area contributed by atoms with Gasteiger partial charge in [-0.3, -0.25) is 0 Å². The van der Waals surface area contributed by atoms with Crippen molar-refractivity contribution in [3.05, 3.63) is 93.9 Å². The first-order valence-corrected chi connectivity index (χ1v) is 9.40. The van der Waals surface area contributed by atoms with E-state index in [4.69, 9.17) is 34.8 Å². The minimum absolute atomic E-state index is 0.618. The quantitative estimate of drug-likeness (QED) is 0.350. The Hall–Kier alpha value is -2.39. The predicted molar refractivity (Wildman–Crippen MR) is 113 cm³/mol. The lowest BCUT2D eigenvalue weighted by atomic mass is 9.98. The maximum absolute atomic E-state index is 6.42. The highest BCUT2D eigenvalue weighted by molar-refractivity contribution is 6.34. The summed E-state index contributed by atoms with van der Waals surface area (Å²) >= 11 is 18.8. The number of nitrogens with zero attached hydrogens (tertiary/aromatic N) is 2. The lowest BCUT2D eigenvalue weighted by Crippen LogP contribution is -1.96. The second kappa shape index (κ2) is 7.69. The standard InChI is InChI=1S/C22H13Cl3N2/c23-15-11-9-14(10-12-15)18-13-21(16-5-1-3-7-19(16)24)26-27-22(18)17-6-2-4-8-20(17)25/h1-13H. The third-order valence-electron chi connectivity index (χ3n) is 4.23. The maximum atomic E-state index is 6.42. The fourth-order valence-corrected chi connectivity index (χ4v) is 3.48. The van der Waals surface area contributed by atoms with Crippen molar-refractivity contribution >= 4 is 34.8 Å². The molecule has 3 aromatic carbocycles. The Labute approximate surface area is 172 Å². The topological polar surface area (TPSA) is 25.8 Å². The lowest BCUT2D eigenvalue weighted by Gasteiger charge is -2.12. The molecule has 2 nitrogen and oxygen atoms in total. The summed E-state index contributed by atoms with van der Waals surface area (Å²) in [5, 5.41) is 10.8. The van der Waals surface area contributed by atoms with Gasteiger partial charge in [0.15, 0.2) is 0 Å². The summed E-state index contributed by atoms with van der Waals surface area (Å²) in [7, 11) is 0. The average Bonchev–Trinajstić information content (AvgIpc) is 2.69. The summed E-state index contributed by atoms with van der Waals surface area (Å²) in [5.74, 6) is 0. The van der Waals surface area contributed by atoms with Crippen LogP contribution in [0.15, 0.2) is 78.9 Å². The molecule has 0 amide bonds. The van der Waals surface area contributed by atoms with Crippen LogP contribution in [0.5, 0.6) is 0 Å². The average molecular weight is 412 g/mol. The summed E-state index contributed by atoms with van der Waals surface area (Å²) < 4.78 is 0. The first-order chi connectivity index (χ1) is 13.1. The molecule has 4 rings (SSSR count). The molecule has 4 aromatic rings. The first kappa shape index (κ1) is 18.0. The Balaban J connectivity index is 1.96. The van der Waals surface area contributed by atoms with Crippen LogP contribution in [0.4, 0.5) is 0 Å². The molecule has 0 aliphatic carbocycles. The van der Waals surface area contributed by atoms with E-state index in [0.29, 0.717) is 26.5 Å². The molecule has 0 aliphatic rings. The number of aromatic nitrogens is 2. The van der Waals surface area contributed by atoms with Gasteiger partial charge in [-0.25, -0.2) is 0 Å². The normalized spacial score (nSPS) is 10.8. The molecule has 0 spiro atoms. The summed E-state index contributed by atoms with van der Waals surface area (Å²) in [6, 6.07) is 24.7. The maximum Gasteiger partial charge on any atom is 0.102 e. The van der Waals surface area contributed by atoms with Gasteiger partial charge >= 0.3 is 0 Å². The van der Waals surface area contributed by atoms with Gasteiger partial charge in [-0.15, -0.1) is 10.2 Å². The molecule has 0 N–H and O–H groups in total. The van der Waals surface area contributed by atoms with Crippen molar-refractivity contribution in [3.8, 4) is 33.6 Å². The lowest BCUT2D eigenvalue weighted by molar-refractivity contribution is 1.05. The van der Waals surface area contributed by atoms with E-state index >= 15 is 0 Å². The summed E-state index contributed by atoms with van der Waals surface area (Å²) in [4.78, 5) is 0. The number of benzene rings is 3. The second-order valence-corrected chi connectivity index (χ2v) is 7.21. The molecule has 0 bridgehead atoms. The van der Waals surface area contributed by atoms with Gasteiger partial charge in [-0.05, 0) is 35.9 Å². The van der Waals surface area contributed by atoms with E-state index in [1.807, 2.05) is 78.9 Å². The Kier molecular flexibility index (Phi) is 5.13. The highest BCUT2D eigenvalue weighted by atomic mass is 35.5.